The lowest BCUT2D eigenvalue weighted by atomic mass is 10.1. The van der Waals surface area contributed by atoms with Crippen LogP contribution < -0.4 is 5.32 Å². The van der Waals surface area contributed by atoms with Gasteiger partial charge in [-0.15, -0.1) is 0 Å². The number of nitrogens with one attached hydrogen (secondary N) is 1. The smallest absolute Gasteiger partial charge is 0.129 e. The second-order valence-electron chi connectivity index (χ2n) is 4.83. The van der Waals surface area contributed by atoms with Crippen molar-refractivity contribution in [3.63, 3.8) is 0 Å². The number of aliphatic hydroxyl groups is 1. The Morgan fingerprint density at radius 1 is 1.14 bits per heavy atom. The Bertz CT molecular complexity index is 621. The van der Waals surface area contributed by atoms with Gasteiger partial charge in [-0.3, -0.25) is 0 Å². The maximum Gasteiger partial charge on any atom is 0.129 e. The third-order valence-electron chi connectivity index (χ3n) is 3.31. The summed E-state index contributed by atoms with van der Waals surface area (Å²) in [6.07, 6.45) is -1.11. The van der Waals surface area contributed by atoms with E-state index in [-0.39, 0.29) is 18.2 Å². The highest BCUT2D eigenvalue weighted by molar-refractivity contribution is 9.10. The highest BCUT2D eigenvalue weighted by atomic mass is 79.9. The summed E-state index contributed by atoms with van der Waals surface area (Å²) in [7, 11) is 0. The van der Waals surface area contributed by atoms with Crippen LogP contribution in [0.15, 0.2) is 46.9 Å². The maximum absolute atomic E-state index is 13.6. The van der Waals surface area contributed by atoms with Gasteiger partial charge >= 0.3 is 0 Å². The van der Waals surface area contributed by atoms with Crippen molar-refractivity contribution in [2.24, 2.45) is 0 Å². The van der Waals surface area contributed by atoms with Crippen molar-refractivity contribution in [2.45, 2.75) is 19.1 Å². The van der Waals surface area contributed by atoms with Crippen LogP contribution in [0, 0.1) is 11.6 Å². The average molecular weight is 356 g/mol. The summed E-state index contributed by atoms with van der Waals surface area (Å²) in [6.45, 7) is 2.07. The van der Waals surface area contributed by atoms with Gasteiger partial charge in [-0.1, -0.05) is 34.1 Å². The topological polar surface area (TPSA) is 32.3 Å². The molecule has 0 fully saturated rings. The lowest BCUT2D eigenvalue weighted by Crippen LogP contribution is -2.25. The summed E-state index contributed by atoms with van der Waals surface area (Å²) in [6, 6.07) is 10.7. The number of benzene rings is 2. The maximum atomic E-state index is 13.6. The van der Waals surface area contributed by atoms with Crippen molar-refractivity contribution in [3.8, 4) is 0 Å². The summed E-state index contributed by atoms with van der Waals surface area (Å²) in [5.74, 6) is -1.18. The molecule has 2 nitrogen and oxygen atoms in total. The molecule has 2 aromatic carbocycles. The third kappa shape index (κ3) is 4.09. The van der Waals surface area contributed by atoms with Gasteiger partial charge in [0, 0.05) is 22.6 Å². The zero-order chi connectivity index (χ0) is 15.4. The Balaban J connectivity index is 2.02. The van der Waals surface area contributed by atoms with Crippen LogP contribution in [-0.4, -0.2) is 11.7 Å². The summed E-state index contributed by atoms with van der Waals surface area (Å²) < 4.78 is 27.6. The lowest BCUT2D eigenvalue weighted by molar-refractivity contribution is 0.165. The highest BCUT2D eigenvalue weighted by Crippen LogP contribution is 2.24. The number of aliphatic hydroxyl groups excluding tert-OH is 1. The summed E-state index contributed by atoms with van der Waals surface area (Å²) >= 11 is 3.46. The van der Waals surface area contributed by atoms with Gasteiger partial charge in [-0.05, 0) is 36.8 Å². The van der Waals surface area contributed by atoms with Crippen LogP contribution >= 0.6 is 15.9 Å². The van der Waals surface area contributed by atoms with Crippen molar-refractivity contribution >= 4 is 15.9 Å². The Morgan fingerprint density at radius 2 is 1.86 bits per heavy atom. The van der Waals surface area contributed by atoms with Gasteiger partial charge in [0.1, 0.15) is 11.6 Å². The van der Waals surface area contributed by atoms with Gasteiger partial charge in [-0.2, -0.15) is 0 Å². The molecule has 0 spiro atoms. The van der Waals surface area contributed by atoms with Crippen LogP contribution in [0.4, 0.5) is 8.78 Å². The Kier molecular flexibility index (Phi) is 5.45. The summed E-state index contributed by atoms with van der Waals surface area (Å²) in [5.41, 5.74) is 0.992. The SMILES string of the molecule is C[C@H](NCC(O)c1cc(F)ccc1F)c1ccccc1Br. The van der Waals surface area contributed by atoms with Crippen molar-refractivity contribution < 1.29 is 13.9 Å². The minimum atomic E-state index is -1.11. The van der Waals surface area contributed by atoms with E-state index in [1.165, 1.54) is 0 Å². The lowest BCUT2D eigenvalue weighted by Gasteiger charge is -2.19. The molecule has 0 saturated carbocycles. The molecule has 0 aromatic heterocycles. The van der Waals surface area contributed by atoms with Crippen LogP contribution in [-0.2, 0) is 0 Å². The average Bonchev–Trinajstić information content (AvgIpc) is 2.47. The zero-order valence-corrected chi connectivity index (χ0v) is 13.1. The Hall–Kier alpha value is -1.30. The fraction of sp³-hybridized carbons (Fsp3) is 0.250. The number of hydrogen-bond acceptors (Lipinski definition) is 2. The first-order valence-electron chi connectivity index (χ1n) is 6.60. The molecular formula is C16H16BrF2NO. The Labute approximate surface area is 130 Å². The Morgan fingerprint density at radius 3 is 2.57 bits per heavy atom. The van der Waals surface area contributed by atoms with E-state index < -0.39 is 17.7 Å². The van der Waals surface area contributed by atoms with Crippen molar-refractivity contribution in [2.75, 3.05) is 6.54 Å². The molecule has 0 radical (unpaired) electrons. The number of rotatable bonds is 5. The molecule has 0 aliphatic heterocycles. The van der Waals surface area contributed by atoms with E-state index in [4.69, 9.17) is 0 Å². The fourth-order valence-electron chi connectivity index (χ4n) is 2.10. The summed E-state index contributed by atoms with van der Waals surface area (Å²) in [5, 5.41) is 13.1. The van der Waals surface area contributed by atoms with E-state index in [1.54, 1.807) is 0 Å². The first kappa shape index (κ1) is 16.1. The molecule has 0 bridgehead atoms. The fourth-order valence-corrected chi connectivity index (χ4v) is 2.73. The van der Waals surface area contributed by atoms with E-state index in [2.05, 4.69) is 21.2 Å². The monoisotopic (exact) mass is 355 g/mol. The molecule has 0 aliphatic rings. The van der Waals surface area contributed by atoms with E-state index in [0.29, 0.717) is 0 Å². The minimum Gasteiger partial charge on any atom is -0.387 e. The molecule has 0 aliphatic carbocycles. The van der Waals surface area contributed by atoms with Crippen LogP contribution in [0.2, 0.25) is 0 Å². The van der Waals surface area contributed by atoms with E-state index in [9.17, 15) is 13.9 Å². The van der Waals surface area contributed by atoms with Crippen molar-refractivity contribution in [1.29, 1.82) is 0 Å². The first-order chi connectivity index (χ1) is 9.99. The van der Waals surface area contributed by atoms with Crippen LogP contribution in [0.25, 0.3) is 0 Å². The molecular weight excluding hydrogens is 340 g/mol. The first-order valence-corrected chi connectivity index (χ1v) is 7.39. The molecule has 2 aromatic rings. The molecule has 2 N–H and O–H groups in total. The molecule has 1 unspecified atom stereocenters. The predicted molar refractivity (Wildman–Crippen MR) is 81.9 cm³/mol. The van der Waals surface area contributed by atoms with Crippen molar-refractivity contribution in [3.05, 3.63) is 69.7 Å². The van der Waals surface area contributed by atoms with Gasteiger partial charge in [-0.25, -0.2) is 8.78 Å². The predicted octanol–water partition coefficient (Wildman–Crippen LogP) is 4.11. The molecule has 21 heavy (non-hydrogen) atoms. The van der Waals surface area contributed by atoms with Gasteiger partial charge in [0.15, 0.2) is 0 Å². The molecule has 0 amide bonds. The molecule has 0 saturated heterocycles. The third-order valence-corrected chi connectivity index (χ3v) is 4.03. The number of hydrogen-bond donors (Lipinski definition) is 2. The largest absolute Gasteiger partial charge is 0.387 e. The molecule has 112 valence electrons. The van der Waals surface area contributed by atoms with Crippen LogP contribution in [0.1, 0.15) is 30.2 Å². The molecule has 2 rings (SSSR count). The summed E-state index contributed by atoms with van der Waals surface area (Å²) in [4.78, 5) is 0. The number of halogens is 3. The van der Waals surface area contributed by atoms with E-state index in [0.717, 1.165) is 28.2 Å². The quantitative estimate of drug-likeness (QED) is 0.845. The zero-order valence-electron chi connectivity index (χ0n) is 11.5. The van der Waals surface area contributed by atoms with Crippen LogP contribution in [0.5, 0.6) is 0 Å². The molecule has 0 heterocycles. The van der Waals surface area contributed by atoms with E-state index in [1.807, 2.05) is 31.2 Å². The normalized spacial score (nSPS) is 14.0. The standard InChI is InChI=1S/C16H16BrF2NO/c1-10(12-4-2-3-5-14(12)17)20-9-16(21)13-8-11(18)6-7-15(13)19/h2-8,10,16,20-21H,9H2,1H3/t10-,16?/m0/s1. The van der Waals surface area contributed by atoms with Gasteiger partial charge < -0.3 is 10.4 Å². The van der Waals surface area contributed by atoms with Gasteiger partial charge in [0.05, 0.1) is 6.10 Å². The molecule has 2 atom stereocenters. The highest BCUT2D eigenvalue weighted by Gasteiger charge is 2.16. The van der Waals surface area contributed by atoms with E-state index >= 15 is 0 Å². The van der Waals surface area contributed by atoms with Crippen molar-refractivity contribution in [1.82, 2.24) is 5.32 Å². The second-order valence-corrected chi connectivity index (χ2v) is 5.69. The van der Waals surface area contributed by atoms with Gasteiger partial charge in [0.25, 0.3) is 0 Å². The molecule has 5 heteroatoms. The van der Waals surface area contributed by atoms with Gasteiger partial charge in [0.2, 0.25) is 0 Å². The van der Waals surface area contributed by atoms with Crippen LogP contribution in [0.3, 0.4) is 0 Å². The second kappa shape index (κ2) is 7.11. The minimum absolute atomic E-state index is 0.0353.